The van der Waals surface area contributed by atoms with Crippen molar-refractivity contribution in [2.45, 2.75) is 46.4 Å². The van der Waals surface area contributed by atoms with Crippen molar-refractivity contribution in [3.8, 4) is 0 Å². The maximum Gasteiger partial charge on any atom is 0.376 e. The fourth-order valence-corrected chi connectivity index (χ4v) is 8.35. The van der Waals surface area contributed by atoms with E-state index >= 15 is 0 Å². The quantitative estimate of drug-likeness (QED) is 0.129. The molecule has 6 aromatic heterocycles. The Morgan fingerprint density at radius 3 is 1.60 bits per heavy atom. The van der Waals surface area contributed by atoms with Gasteiger partial charge in [-0.05, 0) is 96.8 Å². The molecule has 10 heterocycles. The summed E-state index contributed by atoms with van der Waals surface area (Å²) < 4.78 is 0. The molecule has 4 aliphatic rings. The van der Waals surface area contributed by atoms with E-state index in [0.29, 0.717) is 28.1 Å². The van der Waals surface area contributed by atoms with Gasteiger partial charge < -0.3 is 35.6 Å². The summed E-state index contributed by atoms with van der Waals surface area (Å²) in [5, 5.41) is 36.0. The Morgan fingerprint density at radius 1 is 0.691 bits per heavy atom. The van der Waals surface area contributed by atoms with Crippen LogP contribution in [0.1, 0.15) is 37.1 Å². The van der Waals surface area contributed by atoms with Crippen molar-refractivity contribution < 1.29 is 5.02 Å². The summed E-state index contributed by atoms with van der Waals surface area (Å²) in [6.45, 7) is 13.8. The molecule has 0 atom stereocenters. The van der Waals surface area contributed by atoms with Crippen LogP contribution in [0.3, 0.4) is 0 Å². The number of pyridine rings is 2. The van der Waals surface area contributed by atoms with Crippen LogP contribution in [-0.4, -0.2) is 120 Å². The van der Waals surface area contributed by atoms with Gasteiger partial charge in [0.2, 0.25) is 11.9 Å². The molecule has 0 radical (unpaired) electrons. The van der Waals surface area contributed by atoms with Gasteiger partial charge in [0.25, 0.3) is 0 Å². The average molecular weight is 743 g/mol. The third-order valence-corrected chi connectivity index (χ3v) is 11.5. The molecule has 0 aliphatic carbocycles. The second-order valence-corrected chi connectivity index (χ2v) is 15.7. The minimum atomic E-state index is -0.363. The largest absolute Gasteiger partial charge is 0.437 e. The van der Waals surface area contributed by atoms with Gasteiger partial charge in [0.05, 0.1) is 10.8 Å². The fourth-order valence-electron chi connectivity index (χ4n) is 8.35. The number of aromatic amines is 2. The topological polar surface area (TPSA) is 201 Å². The Morgan fingerprint density at radius 2 is 1.16 bits per heavy atom. The zero-order valence-electron chi connectivity index (χ0n) is 31.5. The van der Waals surface area contributed by atoms with Crippen LogP contribution in [0, 0.1) is 24.7 Å². The molecule has 4 aliphatic heterocycles. The van der Waals surface area contributed by atoms with Gasteiger partial charge in [-0.15, -0.1) is 0 Å². The molecular formula is C37H47BN16O. The van der Waals surface area contributed by atoms with Gasteiger partial charge in [-0.2, -0.15) is 30.1 Å². The maximum atomic E-state index is 9.80. The number of aromatic nitrogens is 10. The molecule has 0 saturated carbocycles. The van der Waals surface area contributed by atoms with Crippen molar-refractivity contribution in [2.75, 3.05) is 72.8 Å². The third-order valence-electron chi connectivity index (χ3n) is 11.5. The zero-order chi connectivity index (χ0) is 37.6. The molecule has 2 spiro atoms. The van der Waals surface area contributed by atoms with E-state index in [9.17, 15) is 5.02 Å². The minimum Gasteiger partial charge on any atom is -0.437 e. The number of aryl methyl sites for hydroxylation is 2. The molecule has 10 rings (SSSR count). The SMILES string of the molecule is CB(O)N1CCC2(CC1)CN(c1nc(Nc3cc(C)[nH]n3)c3cccnc3n1)C2.Cc1cc(Nc2nc(N3CC4(CCNCC4)C3)nc3ncccc23)n[nH]1. The van der Waals surface area contributed by atoms with Crippen LogP contribution in [0.15, 0.2) is 48.8 Å². The van der Waals surface area contributed by atoms with Crippen molar-refractivity contribution in [1.82, 2.24) is 60.4 Å². The molecule has 17 nitrogen and oxygen atoms in total. The molecular weight excluding hydrogens is 695 g/mol. The van der Waals surface area contributed by atoms with Crippen molar-refractivity contribution in [1.29, 1.82) is 0 Å². The number of H-pyrrole nitrogens is 2. The van der Waals surface area contributed by atoms with Crippen LogP contribution < -0.4 is 25.8 Å². The molecule has 6 N–H and O–H groups in total. The predicted molar refractivity (Wildman–Crippen MR) is 214 cm³/mol. The number of fused-ring (bicyclic) bond motifs is 2. The van der Waals surface area contributed by atoms with Crippen LogP contribution in [0.5, 0.6) is 0 Å². The first kappa shape index (κ1) is 35.3. The minimum absolute atomic E-state index is 0.306. The van der Waals surface area contributed by atoms with Crippen molar-refractivity contribution in [3.63, 3.8) is 0 Å². The van der Waals surface area contributed by atoms with Crippen molar-refractivity contribution >= 4 is 64.3 Å². The fraction of sp³-hybridized carbons (Fsp3) is 0.459. The number of rotatable bonds is 7. The van der Waals surface area contributed by atoms with Gasteiger partial charge in [0.1, 0.15) is 11.6 Å². The predicted octanol–water partition coefficient (Wildman–Crippen LogP) is 3.80. The Bertz CT molecular complexity index is 2280. The van der Waals surface area contributed by atoms with Gasteiger partial charge >= 0.3 is 7.05 Å². The standard InChI is InChI=1S/C19H25BN8O.C18H22N8/c1-13-10-15(26-25-13)22-17-14-4-3-7-21-16(14)23-18(24-17)27-11-19(12-27)5-8-28(9-6-19)20(2)29;1-12-9-14(25-24-12)21-16-13-3-2-6-20-15(13)22-17(23-16)26-10-18(11-26)4-7-19-8-5-18/h3-4,7,10,29H,5-6,8-9,11-12H2,1-2H3,(H2,21,22,23,24,25,26);2-3,6,9,19H,4-5,7-8,10-11H2,1H3,(H2,20,21,22,23,24,25). The second-order valence-electron chi connectivity index (χ2n) is 15.7. The lowest BCUT2D eigenvalue weighted by atomic mass is 9.69. The summed E-state index contributed by atoms with van der Waals surface area (Å²) in [5.41, 5.74) is 4.11. The van der Waals surface area contributed by atoms with Crippen molar-refractivity contribution in [2.24, 2.45) is 10.8 Å². The Labute approximate surface area is 319 Å². The maximum absolute atomic E-state index is 9.80. The number of anilines is 6. The molecule has 0 amide bonds. The number of nitrogens with one attached hydrogen (secondary N) is 5. The molecule has 55 heavy (non-hydrogen) atoms. The molecule has 18 heteroatoms. The lowest BCUT2D eigenvalue weighted by Crippen LogP contribution is -2.62. The normalized spacial score (nSPS) is 18.8. The van der Waals surface area contributed by atoms with E-state index in [2.05, 4.69) is 60.9 Å². The highest BCUT2D eigenvalue weighted by atomic mass is 16.2. The number of hydrogen-bond acceptors (Lipinski definition) is 15. The molecule has 0 aromatic carbocycles. The number of nitrogens with zero attached hydrogens (tertiary/aromatic N) is 11. The van der Waals surface area contributed by atoms with Crippen LogP contribution in [0.4, 0.5) is 35.2 Å². The van der Waals surface area contributed by atoms with E-state index in [-0.39, 0.29) is 7.05 Å². The highest BCUT2D eigenvalue weighted by Gasteiger charge is 2.47. The summed E-state index contributed by atoms with van der Waals surface area (Å²) in [5.74, 6) is 4.38. The Hall–Kier alpha value is -5.46. The Balaban J connectivity index is 0.000000145. The summed E-state index contributed by atoms with van der Waals surface area (Å²) in [4.78, 5) is 34.5. The number of piperidine rings is 2. The molecule has 0 bridgehead atoms. The lowest BCUT2D eigenvalue weighted by molar-refractivity contribution is 0.105. The molecule has 6 aromatic rings. The molecule has 284 valence electrons. The average Bonchev–Trinajstić information content (AvgIpc) is 3.79. The summed E-state index contributed by atoms with van der Waals surface area (Å²) in [6, 6.07) is 11.6. The summed E-state index contributed by atoms with van der Waals surface area (Å²) in [7, 11) is -0.363. The van der Waals surface area contributed by atoms with Gasteiger partial charge in [-0.25, -0.2) is 9.97 Å². The first-order valence-corrected chi connectivity index (χ1v) is 19.2. The first-order valence-electron chi connectivity index (χ1n) is 19.2. The van der Waals surface area contributed by atoms with E-state index < -0.39 is 0 Å². The Kier molecular flexibility index (Phi) is 9.18. The summed E-state index contributed by atoms with van der Waals surface area (Å²) >= 11 is 0. The van der Waals surface area contributed by atoms with E-state index in [4.69, 9.17) is 19.9 Å². The van der Waals surface area contributed by atoms with Crippen molar-refractivity contribution in [3.05, 3.63) is 60.2 Å². The van der Waals surface area contributed by atoms with Gasteiger partial charge in [-0.3, -0.25) is 10.2 Å². The third kappa shape index (κ3) is 7.24. The van der Waals surface area contributed by atoms with E-state index in [1.54, 1.807) is 12.4 Å². The van der Waals surface area contributed by atoms with Gasteiger partial charge in [0.15, 0.2) is 22.9 Å². The lowest BCUT2D eigenvalue weighted by Gasteiger charge is -2.54. The van der Waals surface area contributed by atoms with Crippen LogP contribution in [-0.2, 0) is 0 Å². The first-order chi connectivity index (χ1) is 26.7. The highest BCUT2D eigenvalue weighted by molar-refractivity contribution is 6.45. The van der Waals surface area contributed by atoms with Gasteiger partial charge in [-0.1, -0.05) is 0 Å². The molecule has 4 fully saturated rings. The monoisotopic (exact) mass is 742 g/mol. The van der Waals surface area contributed by atoms with E-state index in [1.807, 2.05) is 57.1 Å². The second kappa shape index (κ2) is 14.3. The van der Waals surface area contributed by atoms with Crippen LogP contribution >= 0.6 is 0 Å². The zero-order valence-corrected chi connectivity index (χ0v) is 31.5. The smallest absolute Gasteiger partial charge is 0.376 e. The molecule has 4 saturated heterocycles. The van der Waals surface area contributed by atoms with Crippen LogP contribution in [0.25, 0.3) is 22.1 Å². The summed E-state index contributed by atoms with van der Waals surface area (Å²) in [6.07, 6.45) is 8.17. The van der Waals surface area contributed by atoms with E-state index in [0.717, 1.165) is 117 Å². The highest BCUT2D eigenvalue weighted by Crippen LogP contribution is 2.43. The molecule has 0 unspecified atom stereocenters. The van der Waals surface area contributed by atoms with Crippen LogP contribution in [0.2, 0.25) is 6.82 Å². The number of hydrogen-bond donors (Lipinski definition) is 6. The van der Waals surface area contributed by atoms with E-state index in [1.165, 1.54) is 12.8 Å². The van der Waals surface area contributed by atoms with Gasteiger partial charge in [0, 0.05) is 72.9 Å².